The largest absolute Gasteiger partial charge is 0.370 e. The van der Waals surface area contributed by atoms with Crippen LogP contribution in [0.5, 0.6) is 0 Å². The van der Waals surface area contributed by atoms with Crippen LogP contribution in [0.15, 0.2) is 18.2 Å². The molecule has 0 saturated carbocycles. The molecule has 3 heterocycles. The van der Waals surface area contributed by atoms with Gasteiger partial charge in [-0.2, -0.15) is 0 Å². The number of hydrogen-bond acceptors (Lipinski definition) is 4. The van der Waals surface area contributed by atoms with Gasteiger partial charge in [0.2, 0.25) is 0 Å². The van der Waals surface area contributed by atoms with Gasteiger partial charge in [-0.15, -0.1) is 0 Å². The third-order valence-electron chi connectivity index (χ3n) is 6.03. The van der Waals surface area contributed by atoms with Crippen LogP contribution in [0.2, 0.25) is 0 Å². The normalized spacial score (nSPS) is 25.4. The Bertz CT molecular complexity index is 905. The van der Waals surface area contributed by atoms with Gasteiger partial charge in [0.05, 0.1) is 18.0 Å². The van der Waals surface area contributed by atoms with Crippen molar-refractivity contribution >= 4 is 0 Å². The summed E-state index contributed by atoms with van der Waals surface area (Å²) in [5, 5.41) is 0. The number of nitrogens with two attached hydrogens (primary N) is 1. The Morgan fingerprint density at radius 2 is 2.00 bits per heavy atom. The van der Waals surface area contributed by atoms with E-state index in [1.807, 2.05) is 0 Å². The summed E-state index contributed by atoms with van der Waals surface area (Å²) in [6.45, 7) is 11.6. The van der Waals surface area contributed by atoms with Crippen LogP contribution in [-0.2, 0) is 29.8 Å². The van der Waals surface area contributed by atoms with Gasteiger partial charge in [-0.1, -0.05) is 20.8 Å². The van der Waals surface area contributed by atoms with E-state index in [1.165, 1.54) is 11.8 Å². The highest BCUT2D eigenvalue weighted by molar-refractivity contribution is 5.26. The molecule has 2 aliphatic heterocycles. The first-order valence-corrected chi connectivity index (χ1v) is 10.3. The molecule has 2 N–H and O–H groups in total. The molecule has 1 aromatic carbocycles. The van der Waals surface area contributed by atoms with Gasteiger partial charge < -0.3 is 15.0 Å². The van der Waals surface area contributed by atoms with E-state index in [4.69, 9.17) is 15.5 Å². The van der Waals surface area contributed by atoms with Crippen LogP contribution in [0.3, 0.4) is 0 Å². The summed E-state index contributed by atoms with van der Waals surface area (Å²) < 4.78 is 36.0. The van der Waals surface area contributed by atoms with Crippen LogP contribution in [0.4, 0.5) is 8.78 Å². The summed E-state index contributed by atoms with van der Waals surface area (Å²) >= 11 is 0. The average molecular weight is 405 g/mol. The zero-order valence-electron chi connectivity index (χ0n) is 17.6. The highest BCUT2D eigenvalue weighted by atomic mass is 19.1. The van der Waals surface area contributed by atoms with Gasteiger partial charge >= 0.3 is 0 Å². The molecule has 0 radical (unpaired) electrons. The maximum absolute atomic E-state index is 14.2. The molecule has 0 spiro atoms. The van der Waals surface area contributed by atoms with Crippen molar-refractivity contribution in [3.8, 4) is 0 Å². The summed E-state index contributed by atoms with van der Waals surface area (Å²) in [7, 11) is 0. The van der Waals surface area contributed by atoms with Crippen molar-refractivity contribution in [2.24, 2.45) is 5.73 Å². The molecule has 3 atom stereocenters. The average Bonchev–Trinajstić information content (AvgIpc) is 3.21. The molecule has 158 valence electrons. The lowest BCUT2D eigenvalue weighted by Crippen LogP contribution is -2.48. The van der Waals surface area contributed by atoms with Crippen molar-refractivity contribution < 1.29 is 13.5 Å². The van der Waals surface area contributed by atoms with E-state index in [0.717, 1.165) is 43.3 Å². The molecule has 7 heteroatoms. The molecule has 2 aromatic rings. The Hall–Kier alpha value is -1.83. The lowest BCUT2D eigenvalue weighted by atomic mass is 9.93. The highest BCUT2D eigenvalue weighted by Gasteiger charge is 2.38. The van der Waals surface area contributed by atoms with E-state index in [2.05, 4.69) is 37.2 Å². The third-order valence-corrected chi connectivity index (χ3v) is 6.03. The number of benzene rings is 1. The summed E-state index contributed by atoms with van der Waals surface area (Å²) in [5.41, 5.74) is 8.95. The lowest BCUT2D eigenvalue weighted by molar-refractivity contribution is -0.0535. The number of nitrogens with zero attached hydrogens (tertiary/aromatic N) is 3. The number of rotatable bonds is 3. The third kappa shape index (κ3) is 3.71. The maximum Gasteiger partial charge on any atom is 0.129 e. The monoisotopic (exact) mass is 404 g/mol. The van der Waals surface area contributed by atoms with Gasteiger partial charge in [0.25, 0.3) is 0 Å². The second kappa shape index (κ2) is 7.45. The molecule has 0 aliphatic carbocycles. The minimum atomic E-state index is -0.623. The Labute approximate surface area is 170 Å². The fourth-order valence-electron chi connectivity index (χ4n) is 4.60. The van der Waals surface area contributed by atoms with E-state index in [-0.39, 0.29) is 17.0 Å². The minimum Gasteiger partial charge on any atom is -0.370 e. The first-order valence-electron chi connectivity index (χ1n) is 10.3. The molecular formula is C22H30F2N4O. The van der Waals surface area contributed by atoms with E-state index >= 15 is 0 Å². The standard InChI is InChI=1S/C22H30F2N4O/c1-5-28-19-11-27(10-18(19)26-21(28)22(2,3)4)14-9-17(25)20(29-12-14)15-8-13(23)6-7-16(15)24/h6-8,14,17,20H,5,9-12,25H2,1-4H3/t14-,17+,20-/m1/s1. The van der Waals surface area contributed by atoms with E-state index < -0.39 is 23.8 Å². The number of imidazole rings is 1. The number of ether oxygens (including phenoxy) is 1. The molecule has 1 saturated heterocycles. The smallest absolute Gasteiger partial charge is 0.129 e. The van der Waals surface area contributed by atoms with Gasteiger partial charge in [-0.25, -0.2) is 13.8 Å². The molecule has 0 amide bonds. The van der Waals surface area contributed by atoms with Crippen LogP contribution in [0.1, 0.15) is 63.0 Å². The van der Waals surface area contributed by atoms with Crippen molar-refractivity contribution in [2.45, 2.75) is 77.4 Å². The van der Waals surface area contributed by atoms with Crippen LogP contribution in [0.25, 0.3) is 0 Å². The van der Waals surface area contributed by atoms with Gasteiger partial charge in [-0.05, 0) is 31.5 Å². The minimum absolute atomic E-state index is 0.00371. The summed E-state index contributed by atoms with van der Waals surface area (Å²) in [6.07, 6.45) is 0.0467. The number of hydrogen-bond donors (Lipinski definition) is 1. The predicted molar refractivity (Wildman–Crippen MR) is 107 cm³/mol. The Morgan fingerprint density at radius 1 is 1.24 bits per heavy atom. The molecule has 2 aliphatic rings. The first-order chi connectivity index (χ1) is 13.7. The van der Waals surface area contributed by atoms with Gasteiger partial charge in [0.1, 0.15) is 23.6 Å². The number of halogens is 2. The van der Waals surface area contributed by atoms with Crippen LogP contribution in [-0.4, -0.2) is 33.1 Å². The SMILES string of the molecule is CCn1c(C(C)(C)C)nc2c1CN([C@H]1CO[C@H](c3cc(F)ccc3F)[C@@H](N)C1)C2. The van der Waals surface area contributed by atoms with Crippen molar-refractivity contribution in [1.29, 1.82) is 0 Å². The van der Waals surface area contributed by atoms with Crippen LogP contribution < -0.4 is 5.73 Å². The summed E-state index contributed by atoms with van der Waals surface area (Å²) in [5.74, 6) is 0.171. The van der Waals surface area contributed by atoms with Crippen molar-refractivity contribution in [3.63, 3.8) is 0 Å². The zero-order chi connectivity index (χ0) is 20.9. The molecule has 1 aromatic heterocycles. The topological polar surface area (TPSA) is 56.3 Å². The Balaban J connectivity index is 1.48. The second-order valence-corrected chi connectivity index (χ2v) is 9.20. The van der Waals surface area contributed by atoms with Crippen molar-refractivity contribution in [3.05, 3.63) is 52.6 Å². The summed E-state index contributed by atoms with van der Waals surface area (Å²) in [4.78, 5) is 7.28. The maximum atomic E-state index is 14.2. The van der Waals surface area contributed by atoms with Crippen molar-refractivity contribution in [1.82, 2.24) is 14.5 Å². The predicted octanol–water partition coefficient (Wildman–Crippen LogP) is 3.65. The van der Waals surface area contributed by atoms with E-state index in [1.54, 1.807) is 0 Å². The molecule has 1 fully saturated rings. The first kappa shape index (κ1) is 20.4. The fraction of sp³-hybridized carbons (Fsp3) is 0.591. The fourth-order valence-corrected chi connectivity index (χ4v) is 4.60. The Morgan fingerprint density at radius 3 is 2.66 bits per heavy atom. The van der Waals surface area contributed by atoms with Crippen molar-refractivity contribution in [2.75, 3.05) is 6.61 Å². The lowest BCUT2D eigenvalue weighted by Gasteiger charge is -2.38. The zero-order valence-corrected chi connectivity index (χ0v) is 17.6. The summed E-state index contributed by atoms with van der Waals surface area (Å²) in [6, 6.07) is 3.17. The molecule has 29 heavy (non-hydrogen) atoms. The second-order valence-electron chi connectivity index (χ2n) is 9.20. The highest BCUT2D eigenvalue weighted by Crippen LogP contribution is 2.35. The molecular weight excluding hydrogens is 374 g/mol. The van der Waals surface area contributed by atoms with Gasteiger partial charge in [0, 0.05) is 42.7 Å². The molecule has 5 nitrogen and oxygen atoms in total. The van der Waals surface area contributed by atoms with Crippen LogP contribution >= 0.6 is 0 Å². The Kier molecular flexibility index (Phi) is 5.25. The number of aromatic nitrogens is 2. The molecule has 0 bridgehead atoms. The van der Waals surface area contributed by atoms with Crippen LogP contribution in [0, 0.1) is 11.6 Å². The quantitative estimate of drug-likeness (QED) is 0.848. The van der Waals surface area contributed by atoms with Gasteiger partial charge in [0.15, 0.2) is 0 Å². The van der Waals surface area contributed by atoms with E-state index in [9.17, 15) is 8.78 Å². The van der Waals surface area contributed by atoms with Gasteiger partial charge in [-0.3, -0.25) is 4.90 Å². The van der Waals surface area contributed by atoms with E-state index in [0.29, 0.717) is 13.0 Å². The molecule has 0 unspecified atom stereocenters. The number of fused-ring (bicyclic) bond motifs is 1. The molecule has 4 rings (SSSR count).